The molecule has 1 fully saturated rings. The molecule has 0 saturated carbocycles. The van der Waals surface area contributed by atoms with Gasteiger partial charge >= 0.3 is 0 Å². The number of nitrogens with zero attached hydrogens (tertiary/aromatic N) is 1. The Hall–Kier alpha value is -3.39. The second-order valence-corrected chi connectivity index (χ2v) is 12.9. The van der Waals surface area contributed by atoms with Crippen LogP contribution >= 0.6 is 11.6 Å². The summed E-state index contributed by atoms with van der Waals surface area (Å²) in [6.45, 7) is 9.87. The van der Waals surface area contributed by atoms with Gasteiger partial charge in [0.15, 0.2) is 5.60 Å². The van der Waals surface area contributed by atoms with E-state index < -0.39 is 5.60 Å². The lowest BCUT2D eigenvalue weighted by Gasteiger charge is -2.35. The molecule has 1 aliphatic rings. The standard InChI is InChI=1S/C41H60ClN3O4/c1-4-5-6-7-8-9-10-11-12-13-14-15-16-17-18-19-20-21-22-23-39(46)43-30-28-37(45-32-34-48-35-33-45)29-31-44-40(47)41(2,3)49-38-26-24-36(42)25-27-38/h5-6,8-9,11-12,14-15,17-18,20-21,24-27,37H,4,7,10,13,16,19,22-23,28-35H2,1-3H3,(H,43,46)(H,44,47)/b6-5-,9-8-,12-11-,15-14-,18-17-,21-20-. The average Bonchev–Trinajstić information content (AvgIpc) is 3.09. The number of nitrogens with one attached hydrogen (secondary N) is 2. The number of benzene rings is 1. The summed E-state index contributed by atoms with van der Waals surface area (Å²) in [7, 11) is 0. The van der Waals surface area contributed by atoms with E-state index in [1.165, 1.54) is 0 Å². The van der Waals surface area contributed by atoms with Crippen molar-refractivity contribution in [3.8, 4) is 5.75 Å². The molecule has 49 heavy (non-hydrogen) atoms. The van der Waals surface area contributed by atoms with Crippen LogP contribution < -0.4 is 15.4 Å². The molecule has 1 heterocycles. The van der Waals surface area contributed by atoms with Gasteiger partial charge in [-0.05, 0) is 95.9 Å². The van der Waals surface area contributed by atoms with Gasteiger partial charge in [0.25, 0.3) is 5.91 Å². The van der Waals surface area contributed by atoms with Gasteiger partial charge in [0.2, 0.25) is 5.91 Å². The molecule has 0 aromatic heterocycles. The molecule has 2 N–H and O–H groups in total. The zero-order chi connectivity index (χ0) is 35.4. The molecule has 1 aromatic rings. The van der Waals surface area contributed by atoms with Crippen molar-refractivity contribution in [1.82, 2.24) is 15.5 Å². The molecule has 1 atom stereocenters. The third-order valence-corrected chi connectivity index (χ3v) is 8.24. The van der Waals surface area contributed by atoms with Crippen molar-refractivity contribution in [2.24, 2.45) is 0 Å². The lowest BCUT2D eigenvalue weighted by Crippen LogP contribution is -2.49. The summed E-state index contributed by atoms with van der Waals surface area (Å²) < 4.78 is 11.5. The van der Waals surface area contributed by atoms with Crippen LogP contribution in [0.15, 0.2) is 97.2 Å². The molecule has 2 amide bonds. The average molecular weight is 694 g/mol. The van der Waals surface area contributed by atoms with Crippen LogP contribution in [-0.4, -0.2) is 67.7 Å². The second-order valence-electron chi connectivity index (χ2n) is 12.5. The van der Waals surface area contributed by atoms with Gasteiger partial charge in [-0.15, -0.1) is 0 Å². The van der Waals surface area contributed by atoms with Gasteiger partial charge in [0, 0.05) is 43.7 Å². The van der Waals surface area contributed by atoms with Gasteiger partial charge in [0.05, 0.1) is 13.2 Å². The predicted molar refractivity (Wildman–Crippen MR) is 205 cm³/mol. The Balaban J connectivity index is 1.59. The van der Waals surface area contributed by atoms with E-state index in [-0.39, 0.29) is 17.9 Å². The van der Waals surface area contributed by atoms with Crippen molar-refractivity contribution < 1.29 is 19.1 Å². The fraction of sp³-hybridized carbons (Fsp3) is 0.512. The first-order valence-electron chi connectivity index (χ1n) is 18.0. The molecule has 270 valence electrons. The fourth-order valence-electron chi connectivity index (χ4n) is 5.18. The zero-order valence-corrected chi connectivity index (χ0v) is 30.8. The second kappa shape index (κ2) is 26.5. The maximum absolute atomic E-state index is 12.9. The largest absolute Gasteiger partial charge is 0.478 e. The number of carbonyl (C=O) groups excluding carboxylic acids is 2. The van der Waals surface area contributed by atoms with Crippen LogP contribution in [0.2, 0.25) is 5.02 Å². The minimum Gasteiger partial charge on any atom is -0.478 e. The number of halogens is 1. The first kappa shape index (κ1) is 41.8. The minimum atomic E-state index is -1.03. The van der Waals surface area contributed by atoms with E-state index in [0.717, 1.165) is 70.9 Å². The van der Waals surface area contributed by atoms with Crippen LogP contribution in [-0.2, 0) is 14.3 Å². The van der Waals surface area contributed by atoms with Gasteiger partial charge in [-0.2, -0.15) is 0 Å². The van der Waals surface area contributed by atoms with E-state index >= 15 is 0 Å². The third-order valence-electron chi connectivity index (χ3n) is 7.99. The highest BCUT2D eigenvalue weighted by molar-refractivity contribution is 6.30. The molecule has 0 spiro atoms. The van der Waals surface area contributed by atoms with Crippen molar-refractivity contribution in [2.45, 2.75) is 96.6 Å². The first-order valence-corrected chi connectivity index (χ1v) is 18.4. The molecule has 1 aliphatic heterocycles. The SMILES string of the molecule is CC/C=C\C/C=C\C/C=C\C/C=C\C/C=C\C/C=C\CCC(=O)NCCC(CCNC(=O)C(C)(C)Oc1ccc(Cl)cc1)N1CCOCC1. The molecule has 1 saturated heterocycles. The van der Waals surface area contributed by atoms with Crippen LogP contribution in [0.4, 0.5) is 0 Å². The van der Waals surface area contributed by atoms with E-state index in [1.54, 1.807) is 38.1 Å². The monoisotopic (exact) mass is 693 g/mol. The van der Waals surface area contributed by atoms with E-state index in [0.29, 0.717) is 43.5 Å². The number of allylic oxidation sites excluding steroid dienone is 12. The number of hydrogen-bond acceptors (Lipinski definition) is 5. The van der Waals surface area contributed by atoms with Gasteiger partial charge in [-0.1, -0.05) is 91.4 Å². The molecule has 1 aromatic carbocycles. The fourth-order valence-corrected chi connectivity index (χ4v) is 5.31. The van der Waals surface area contributed by atoms with Gasteiger partial charge < -0.3 is 20.1 Å². The van der Waals surface area contributed by atoms with E-state index in [9.17, 15) is 9.59 Å². The highest BCUT2D eigenvalue weighted by atomic mass is 35.5. The summed E-state index contributed by atoms with van der Waals surface area (Å²) in [6.07, 6.45) is 34.8. The zero-order valence-electron chi connectivity index (χ0n) is 30.1. The Morgan fingerprint density at radius 2 is 1.29 bits per heavy atom. The van der Waals surface area contributed by atoms with E-state index in [2.05, 4.69) is 95.4 Å². The van der Waals surface area contributed by atoms with Crippen LogP contribution in [0.25, 0.3) is 0 Å². The van der Waals surface area contributed by atoms with Crippen molar-refractivity contribution in [3.05, 3.63) is 102 Å². The smallest absolute Gasteiger partial charge is 0.263 e. The summed E-state index contributed by atoms with van der Waals surface area (Å²) >= 11 is 5.96. The molecule has 7 nitrogen and oxygen atoms in total. The van der Waals surface area contributed by atoms with Crippen molar-refractivity contribution >= 4 is 23.4 Å². The molecule has 1 unspecified atom stereocenters. The predicted octanol–water partition coefficient (Wildman–Crippen LogP) is 8.69. The number of morpholine rings is 1. The van der Waals surface area contributed by atoms with Crippen LogP contribution in [0.1, 0.15) is 85.0 Å². The van der Waals surface area contributed by atoms with Gasteiger partial charge in [-0.25, -0.2) is 0 Å². The van der Waals surface area contributed by atoms with Crippen molar-refractivity contribution in [1.29, 1.82) is 0 Å². The van der Waals surface area contributed by atoms with Crippen LogP contribution in [0, 0.1) is 0 Å². The summed E-state index contributed by atoms with van der Waals surface area (Å²) in [5, 5.41) is 6.75. The third kappa shape index (κ3) is 20.7. The summed E-state index contributed by atoms with van der Waals surface area (Å²) in [4.78, 5) is 27.8. The van der Waals surface area contributed by atoms with Crippen molar-refractivity contribution in [2.75, 3.05) is 39.4 Å². The normalized spacial score (nSPS) is 15.4. The Labute approximate surface area is 301 Å². The number of rotatable bonds is 24. The molecular formula is C41H60ClN3O4. The molecular weight excluding hydrogens is 634 g/mol. The van der Waals surface area contributed by atoms with Crippen molar-refractivity contribution in [3.63, 3.8) is 0 Å². The van der Waals surface area contributed by atoms with Crippen LogP contribution in [0.3, 0.4) is 0 Å². The lowest BCUT2D eigenvalue weighted by molar-refractivity contribution is -0.134. The summed E-state index contributed by atoms with van der Waals surface area (Å²) in [5.74, 6) is 0.479. The first-order chi connectivity index (χ1) is 23.8. The Bertz CT molecular complexity index is 1230. The maximum atomic E-state index is 12.9. The Morgan fingerprint density at radius 1 is 0.796 bits per heavy atom. The van der Waals surface area contributed by atoms with E-state index in [1.807, 2.05) is 0 Å². The summed E-state index contributed by atoms with van der Waals surface area (Å²) in [6, 6.07) is 7.21. The van der Waals surface area contributed by atoms with Crippen LogP contribution in [0.5, 0.6) is 5.75 Å². The molecule has 2 rings (SSSR count). The number of amides is 2. The minimum absolute atomic E-state index is 0.0645. The van der Waals surface area contributed by atoms with Gasteiger partial charge in [0.1, 0.15) is 5.75 Å². The Kier molecular flexibility index (Phi) is 22.6. The quantitative estimate of drug-likeness (QED) is 0.106. The maximum Gasteiger partial charge on any atom is 0.263 e. The lowest BCUT2D eigenvalue weighted by atomic mass is 10.1. The number of ether oxygens (including phenoxy) is 2. The molecule has 0 radical (unpaired) electrons. The van der Waals surface area contributed by atoms with Gasteiger partial charge in [-0.3, -0.25) is 14.5 Å². The number of carbonyl (C=O) groups is 2. The van der Waals surface area contributed by atoms with E-state index in [4.69, 9.17) is 21.1 Å². The molecule has 0 bridgehead atoms. The topological polar surface area (TPSA) is 79.9 Å². The highest BCUT2D eigenvalue weighted by Gasteiger charge is 2.30. The number of hydrogen-bond donors (Lipinski definition) is 2. The Morgan fingerprint density at radius 3 is 1.82 bits per heavy atom. The molecule has 0 aliphatic carbocycles. The molecule has 8 heteroatoms. The summed E-state index contributed by atoms with van der Waals surface area (Å²) in [5.41, 5.74) is -1.03. The highest BCUT2D eigenvalue weighted by Crippen LogP contribution is 2.21.